The molecule has 0 aliphatic carbocycles. The van der Waals surface area contributed by atoms with Crippen LogP contribution in [-0.4, -0.2) is 30.3 Å². The first-order valence-corrected chi connectivity index (χ1v) is 7.31. The Morgan fingerprint density at radius 3 is 2.71 bits per heavy atom. The van der Waals surface area contributed by atoms with Crippen LogP contribution in [0.4, 0.5) is 5.69 Å². The number of fused-ring (bicyclic) bond motifs is 2. The van der Waals surface area contributed by atoms with Crippen LogP contribution in [0, 0.1) is 0 Å². The maximum atomic E-state index is 12.5. The molecule has 1 aromatic carbocycles. The van der Waals surface area contributed by atoms with Crippen LogP contribution < -0.4 is 0 Å². The molecule has 0 saturated heterocycles. The maximum absolute atomic E-state index is 12.5. The number of carbonyl (C=O) groups excluding carboxylic acids is 1. The molecule has 4 heteroatoms. The third-order valence-electron chi connectivity index (χ3n) is 4.40. The summed E-state index contributed by atoms with van der Waals surface area (Å²) in [5.41, 5.74) is 2.90. The minimum atomic E-state index is -0.629. The summed E-state index contributed by atoms with van der Waals surface area (Å²) in [4.78, 5) is 19.1. The summed E-state index contributed by atoms with van der Waals surface area (Å²) in [6.07, 6.45) is 0.899. The summed E-state index contributed by atoms with van der Waals surface area (Å²) in [6.45, 7) is 6.63. The zero-order valence-electron chi connectivity index (χ0n) is 12.9. The van der Waals surface area contributed by atoms with Crippen LogP contribution in [-0.2, 0) is 15.1 Å². The number of aliphatic imine (C=N–C) groups is 1. The number of rotatable bonds is 3. The average molecular weight is 284 g/mol. The van der Waals surface area contributed by atoms with Crippen LogP contribution >= 0.6 is 0 Å². The number of hydrogen-bond acceptors (Lipinski definition) is 3. The van der Waals surface area contributed by atoms with Crippen molar-refractivity contribution in [2.45, 2.75) is 32.8 Å². The van der Waals surface area contributed by atoms with E-state index in [1.807, 2.05) is 38.1 Å². The number of ether oxygens (including phenoxy) is 1. The summed E-state index contributed by atoms with van der Waals surface area (Å²) < 4.78 is 5.85. The first-order valence-electron chi connectivity index (χ1n) is 7.31. The molecular formula is C17H20N2O2. The van der Waals surface area contributed by atoms with Gasteiger partial charge >= 0.3 is 0 Å². The maximum Gasteiger partial charge on any atom is 0.255 e. The molecular weight excluding hydrogens is 264 g/mol. The fourth-order valence-electron chi connectivity index (χ4n) is 3.26. The van der Waals surface area contributed by atoms with Crippen molar-refractivity contribution in [2.75, 3.05) is 13.7 Å². The highest BCUT2D eigenvalue weighted by Gasteiger charge is 2.47. The van der Waals surface area contributed by atoms with E-state index in [9.17, 15) is 4.79 Å². The van der Waals surface area contributed by atoms with E-state index in [-0.39, 0.29) is 5.91 Å². The van der Waals surface area contributed by atoms with E-state index >= 15 is 0 Å². The van der Waals surface area contributed by atoms with E-state index in [4.69, 9.17) is 9.73 Å². The molecule has 2 aliphatic rings. The third-order valence-corrected chi connectivity index (χ3v) is 4.40. The quantitative estimate of drug-likeness (QED) is 0.855. The molecule has 0 radical (unpaired) electrons. The normalized spacial score (nSPS) is 24.1. The highest BCUT2D eigenvalue weighted by atomic mass is 16.5. The van der Waals surface area contributed by atoms with Gasteiger partial charge < -0.3 is 4.74 Å². The van der Waals surface area contributed by atoms with Crippen molar-refractivity contribution in [3.05, 3.63) is 41.0 Å². The summed E-state index contributed by atoms with van der Waals surface area (Å²) in [5.74, 6) is 0.795. The van der Waals surface area contributed by atoms with Crippen molar-refractivity contribution in [1.29, 1.82) is 0 Å². The van der Waals surface area contributed by atoms with E-state index < -0.39 is 5.60 Å². The fourth-order valence-corrected chi connectivity index (χ4v) is 3.26. The number of carbonyl (C=O) groups is 1. The van der Waals surface area contributed by atoms with Gasteiger partial charge in [0.15, 0.2) is 0 Å². The van der Waals surface area contributed by atoms with Gasteiger partial charge in [0.2, 0.25) is 0 Å². The lowest BCUT2D eigenvalue weighted by Gasteiger charge is -2.36. The minimum Gasteiger partial charge on any atom is -0.369 e. The van der Waals surface area contributed by atoms with Crippen LogP contribution in [0.2, 0.25) is 0 Å². The Morgan fingerprint density at radius 1 is 1.33 bits per heavy atom. The van der Waals surface area contributed by atoms with E-state index in [2.05, 4.69) is 6.92 Å². The second-order valence-corrected chi connectivity index (χ2v) is 5.65. The highest BCUT2D eigenvalue weighted by Crippen LogP contribution is 2.47. The van der Waals surface area contributed by atoms with E-state index in [0.717, 1.165) is 34.7 Å². The predicted molar refractivity (Wildman–Crippen MR) is 82.6 cm³/mol. The van der Waals surface area contributed by atoms with Gasteiger partial charge in [-0.05, 0) is 26.3 Å². The molecule has 3 rings (SSSR count). The number of para-hydroxylation sites is 1. The fraction of sp³-hybridized carbons (Fsp3) is 0.412. The molecule has 2 aliphatic heterocycles. The van der Waals surface area contributed by atoms with Gasteiger partial charge in [-0.2, -0.15) is 0 Å². The molecule has 0 N–H and O–H groups in total. The number of hydrogen-bond donors (Lipinski definition) is 0. The van der Waals surface area contributed by atoms with E-state index in [1.54, 1.807) is 12.0 Å². The zero-order valence-corrected chi connectivity index (χ0v) is 12.9. The Morgan fingerprint density at radius 2 is 2.05 bits per heavy atom. The molecule has 2 heterocycles. The number of methoxy groups -OCH3 is 1. The lowest BCUT2D eigenvalue weighted by molar-refractivity contribution is -0.122. The van der Waals surface area contributed by atoms with Crippen molar-refractivity contribution in [2.24, 2.45) is 4.99 Å². The van der Waals surface area contributed by atoms with E-state index in [1.165, 1.54) is 0 Å². The lowest BCUT2D eigenvalue weighted by atomic mass is 9.82. The Kier molecular flexibility index (Phi) is 3.21. The molecule has 1 atom stereocenters. The van der Waals surface area contributed by atoms with Gasteiger partial charge in [0.25, 0.3) is 5.91 Å². The topological polar surface area (TPSA) is 41.9 Å². The molecule has 1 aromatic rings. The van der Waals surface area contributed by atoms with Crippen LogP contribution in [0.3, 0.4) is 0 Å². The lowest BCUT2D eigenvalue weighted by Crippen LogP contribution is -2.39. The molecule has 1 amide bonds. The Labute approximate surface area is 125 Å². The van der Waals surface area contributed by atoms with Gasteiger partial charge in [-0.25, -0.2) is 4.99 Å². The minimum absolute atomic E-state index is 0.0432. The zero-order chi connectivity index (χ0) is 15.2. The molecule has 0 aromatic heterocycles. The summed E-state index contributed by atoms with van der Waals surface area (Å²) in [6, 6.07) is 7.93. The first-order chi connectivity index (χ1) is 10.0. The van der Waals surface area contributed by atoms with Gasteiger partial charge in [-0.1, -0.05) is 25.1 Å². The van der Waals surface area contributed by atoms with E-state index in [0.29, 0.717) is 6.54 Å². The predicted octanol–water partition coefficient (Wildman–Crippen LogP) is 3.16. The second-order valence-electron chi connectivity index (χ2n) is 5.65. The number of nitrogens with zero attached hydrogens (tertiary/aromatic N) is 2. The number of amidine groups is 1. The van der Waals surface area contributed by atoms with Crippen molar-refractivity contribution in [1.82, 2.24) is 4.90 Å². The highest BCUT2D eigenvalue weighted by molar-refractivity contribution is 6.23. The largest absolute Gasteiger partial charge is 0.369 e. The molecule has 110 valence electrons. The van der Waals surface area contributed by atoms with Crippen molar-refractivity contribution >= 4 is 17.4 Å². The van der Waals surface area contributed by atoms with Crippen LogP contribution in [0.15, 0.2) is 40.4 Å². The van der Waals surface area contributed by atoms with Gasteiger partial charge in [0.05, 0.1) is 5.69 Å². The molecule has 0 bridgehead atoms. The summed E-state index contributed by atoms with van der Waals surface area (Å²) in [5, 5.41) is 0. The first kappa shape index (κ1) is 14.0. The molecule has 4 nitrogen and oxygen atoms in total. The average Bonchev–Trinajstić information content (AvgIpc) is 2.73. The smallest absolute Gasteiger partial charge is 0.255 e. The van der Waals surface area contributed by atoms with Crippen LogP contribution in [0.1, 0.15) is 32.8 Å². The monoisotopic (exact) mass is 284 g/mol. The van der Waals surface area contributed by atoms with Gasteiger partial charge in [0, 0.05) is 30.4 Å². The number of amides is 1. The second kappa shape index (κ2) is 4.81. The van der Waals surface area contributed by atoms with Crippen molar-refractivity contribution in [3.8, 4) is 0 Å². The van der Waals surface area contributed by atoms with Crippen molar-refractivity contribution < 1.29 is 9.53 Å². The Bertz CT molecular complexity index is 675. The molecule has 0 spiro atoms. The molecule has 0 saturated carbocycles. The molecule has 1 unspecified atom stereocenters. The van der Waals surface area contributed by atoms with Crippen LogP contribution in [0.5, 0.6) is 0 Å². The van der Waals surface area contributed by atoms with Gasteiger partial charge in [-0.15, -0.1) is 0 Å². The molecule has 0 fully saturated rings. The standard InChI is InChI=1S/C17H20N2O2/c1-5-10-19-15-14(11(2)16(19)20)17(3,21-4)12-8-6-7-9-13(12)18-15/h6-9H,5,10H2,1-4H3. The summed E-state index contributed by atoms with van der Waals surface area (Å²) in [7, 11) is 1.69. The Hall–Kier alpha value is -1.94. The van der Waals surface area contributed by atoms with Crippen molar-refractivity contribution in [3.63, 3.8) is 0 Å². The van der Waals surface area contributed by atoms with Gasteiger partial charge in [-0.3, -0.25) is 9.69 Å². The summed E-state index contributed by atoms with van der Waals surface area (Å²) >= 11 is 0. The molecule has 21 heavy (non-hydrogen) atoms. The van der Waals surface area contributed by atoms with Crippen LogP contribution in [0.25, 0.3) is 0 Å². The Balaban J connectivity index is 2.27. The third kappa shape index (κ3) is 1.79. The van der Waals surface area contributed by atoms with Gasteiger partial charge in [0.1, 0.15) is 11.4 Å². The SMILES string of the molecule is CCCN1C(=O)C(C)=C2C1=Nc1ccccc1C2(C)OC. The number of benzene rings is 1.